The van der Waals surface area contributed by atoms with Crippen molar-refractivity contribution in [3.05, 3.63) is 36.3 Å². The predicted octanol–water partition coefficient (Wildman–Crippen LogP) is 2.91. The summed E-state index contributed by atoms with van der Waals surface area (Å²) in [6.45, 7) is 4.00. The van der Waals surface area contributed by atoms with Gasteiger partial charge in [-0.3, -0.25) is 4.90 Å². The number of aromatic nitrogens is 2. The molecule has 2 aromatic rings. The first-order valence-corrected chi connectivity index (χ1v) is 8.72. The Hall–Kier alpha value is -0.850. The number of imidazole rings is 1. The summed E-state index contributed by atoms with van der Waals surface area (Å²) < 4.78 is 8.40. The molecule has 4 rings (SSSR count). The van der Waals surface area contributed by atoms with Crippen molar-refractivity contribution in [3.63, 3.8) is 0 Å². The zero-order chi connectivity index (χ0) is 15.7. The predicted molar refractivity (Wildman–Crippen MR) is 105 cm³/mol. The molecule has 0 radical (unpaired) electrons. The Morgan fingerprint density at radius 2 is 2.12 bits per heavy atom. The van der Waals surface area contributed by atoms with E-state index < -0.39 is 0 Å². The molecule has 1 N–H and O–H groups in total. The molecule has 2 aliphatic heterocycles. The van der Waals surface area contributed by atoms with Gasteiger partial charge in [0, 0.05) is 25.4 Å². The SMILES string of the molecule is CN(Cc1cnc2ccccn12)C1CCOC2(CCNCC2)C1.Cl.Cl. The maximum Gasteiger partial charge on any atom is 0.136 e. The molecule has 0 saturated carbocycles. The first kappa shape index (κ1) is 20.5. The van der Waals surface area contributed by atoms with Crippen LogP contribution in [0.5, 0.6) is 0 Å². The molecule has 5 nitrogen and oxygen atoms in total. The second-order valence-electron chi connectivity index (χ2n) is 7.02. The monoisotopic (exact) mass is 386 g/mol. The zero-order valence-corrected chi connectivity index (χ0v) is 16.3. The third-order valence-corrected chi connectivity index (χ3v) is 5.51. The standard InChI is InChI=1S/C18H26N4O.2ClH/c1-21(14-16-13-20-17-4-2-3-10-22(16)17)15-5-11-23-18(12-15)6-8-19-9-7-18;;/h2-4,10,13,15,19H,5-9,11-12,14H2,1H3;2*1H. The fourth-order valence-corrected chi connectivity index (χ4v) is 4.10. The number of pyridine rings is 1. The number of nitrogens with one attached hydrogen (secondary N) is 1. The lowest BCUT2D eigenvalue weighted by Crippen LogP contribution is -2.52. The van der Waals surface area contributed by atoms with Crippen molar-refractivity contribution in [2.45, 2.75) is 43.9 Å². The molecule has 7 heteroatoms. The van der Waals surface area contributed by atoms with E-state index in [1.54, 1.807) is 0 Å². The molecule has 25 heavy (non-hydrogen) atoms. The molecule has 2 saturated heterocycles. The van der Waals surface area contributed by atoms with E-state index in [1.807, 2.05) is 12.3 Å². The third-order valence-electron chi connectivity index (χ3n) is 5.51. The Labute approximate surface area is 162 Å². The summed E-state index contributed by atoms with van der Waals surface area (Å²) in [5.41, 5.74) is 2.40. The molecule has 2 fully saturated rings. The van der Waals surface area contributed by atoms with Crippen molar-refractivity contribution in [3.8, 4) is 0 Å². The van der Waals surface area contributed by atoms with Gasteiger partial charge in [-0.15, -0.1) is 24.8 Å². The smallest absolute Gasteiger partial charge is 0.136 e. The van der Waals surface area contributed by atoms with Gasteiger partial charge in [-0.25, -0.2) is 4.98 Å². The minimum absolute atomic E-state index is 0. The van der Waals surface area contributed by atoms with Crippen molar-refractivity contribution >= 4 is 30.5 Å². The number of halogens is 2. The molecule has 0 aromatic carbocycles. The molecule has 0 bridgehead atoms. The summed E-state index contributed by atoms with van der Waals surface area (Å²) in [6.07, 6.45) is 8.68. The lowest BCUT2D eigenvalue weighted by molar-refractivity contribution is -0.119. The van der Waals surface area contributed by atoms with Gasteiger partial charge >= 0.3 is 0 Å². The lowest BCUT2D eigenvalue weighted by Gasteiger charge is -2.46. The van der Waals surface area contributed by atoms with Crippen LogP contribution in [0.1, 0.15) is 31.4 Å². The summed E-state index contributed by atoms with van der Waals surface area (Å²) in [5, 5.41) is 3.45. The van der Waals surface area contributed by atoms with Crippen LogP contribution in [0.3, 0.4) is 0 Å². The highest BCUT2D eigenvalue weighted by Gasteiger charge is 2.39. The van der Waals surface area contributed by atoms with Crippen LogP contribution in [0.4, 0.5) is 0 Å². The molecular weight excluding hydrogens is 359 g/mol. The summed E-state index contributed by atoms with van der Waals surface area (Å²) in [7, 11) is 2.24. The van der Waals surface area contributed by atoms with E-state index in [2.05, 4.69) is 45.0 Å². The van der Waals surface area contributed by atoms with Gasteiger partial charge in [0.15, 0.2) is 0 Å². The quantitative estimate of drug-likeness (QED) is 0.880. The number of fused-ring (bicyclic) bond motifs is 1. The molecule has 4 heterocycles. The molecule has 1 atom stereocenters. The summed E-state index contributed by atoms with van der Waals surface area (Å²) in [5.74, 6) is 0. The highest BCUT2D eigenvalue weighted by Crippen LogP contribution is 2.35. The van der Waals surface area contributed by atoms with Crippen LogP contribution in [-0.4, -0.2) is 52.7 Å². The van der Waals surface area contributed by atoms with Crippen molar-refractivity contribution in [1.29, 1.82) is 0 Å². The van der Waals surface area contributed by atoms with Gasteiger partial charge in [0.2, 0.25) is 0 Å². The summed E-state index contributed by atoms with van der Waals surface area (Å²) >= 11 is 0. The molecule has 2 aromatic heterocycles. The minimum atomic E-state index is 0. The van der Waals surface area contributed by atoms with Crippen molar-refractivity contribution in [1.82, 2.24) is 19.6 Å². The summed E-state index contributed by atoms with van der Waals surface area (Å²) in [6, 6.07) is 6.75. The molecule has 0 amide bonds. The van der Waals surface area contributed by atoms with Crippen molar-refractivity contribution in [2.75, 3.05) is 26.7 Å². The highest BCUT2D eigenvalue weighted by molar-refractivity contribution is 5.85. The molecule has 140 valence electrons. The van der Waals surface area contributed by atoms with Gasteiger partial charge in [0.05, 0.1) is 17.5 Å². The molecule has 2 aliphatic rings. The number of nitrogens with zero attached hydrogens (tertiary/aromatic N) is 3. The van der Waals surface area contributed by atoms with E-state index in [-0.39, 0.29) is 30.4 Å². The van der Waals surface area contributed by atoms with Crippen LogP contribution in [0.2, 0.25) is 0 Å². The second kappa shape index (κ2) is 8.69. The van der Waals surface area contributed by atoms with Crippen molar-refractivity contribution in [2.24, 2.45) is 0 Å². The van der Waals surface area contributed by atoms with Gasteiger partial charge in [-0.05, 0) is 58.0 Å². The van der Waals surface area contributed by atoms with E-state index in [0.717, 1.165) is 57.6 Å². The van der Waals surface area contributed by atoms with Crippen molar-refractivity contribution < 1.29 is 4.74 Å². The Kier molecular flexibility index (Phi) is 7.11. The molecular formula is C18H28Cl2N4O. The number of piperidine rings is 1. The normalized spacial score (nSPS) is 22.6. The maximum absolute atomic E-state index is 6.21. The first-order chi connectivity index (χ1) is 11.3. The second-order valence-corrected chi connectivity index (χ2v) is 7.02. The molecule has 1 unspecified atom stereocenters. The fourth-order valence-electron chi connectivity index (χ4n) is 4.10. The third kappa shape index (κ3) is 4.29. The van der Waals surface area contributed by atoms with E-state index in [1.165, 1.54) is 5.69 Å². The van der Waals surface area contributed by atoms with Crippen LogP contribution >= 0.6 is 24.8 Å². The maximum atomic E-state index is 6.21. The summed E-state index contributed by atoms with van der Waals surface area (Å²) in [4.78, 5) is 6.99. The van der Waals surface area contributed by atoms with Crippen LogP contribution in [0, 0.1) is 0 Å². The van der Waals surface area contributed by atoms with E-state index in [0.29, 0.717) is 6.04 Å². The number of hydrogen-bond donors (Lipinski definition) is 1. The topological polar surface area (TPSA) is 41.8 Å². The lowest BCUT2D eigenvalue weighted by atomic mass is 9.82. The van der Waals surface area contributed by atoms with Gasteiger partial charge in [0.1, 0.15) is 5.65 Å². The van der Waals surface area contributed by atoms with E-state index >= 15 is 0 Å². The largest absolute Gasteiger partial charge is 0.375 e. The van der Waals surface area contributed by atoms with Gasteiger partial charge in [-0.2, -0.15) is 0 Å². The van der Waals surface area contributed by atoms with Crippen LogP contribution < -0.4 is 5.32 Å². The van der Waals surface area contributed by atoms with Crippen LogP contribution in [-0.2, 0) is 11.3 Å². The van der Waals surface area contributed by atoms with Gasteiger partial charge in [-0.1, -0.05) is 6.07 Å². The van der Waals surface area contributed by atoms with Gasteiger partial charge < -0.3 is 14.5 Å². The minimum Gasteiger partial charge on any atom is -0.375 e. The Morgan fingerprint density at radius 3 is 2.92 bits per heavy atom. The van der Waals surface area contributed by atoms with E-state index in [4.69, 9.17) is 4.74 Å². The molecule has 0 aliphatic carbocycles. The average Bonchev–Trinajstić information content (AvgIpc) is 2.99. The Morgan fingerprint density at radius 1 is 1.32 bits per heavy atom. The average molecular weight is 387 g/mol. The number of ether oxygens (including phenoxy) is 1. The fraction of sp³-hybridized carbons (Fsp3) is 0.611. The Balaban J connectivity index is 0.00000113. The first-order valence-electron chi connectivity index (χ1n) is 8.72. The molecule has 1 spiro atoms. The van der Waals surface area contributed by atoms with Crippen LogP contribution in [0.15, 0.2) is 30.6 Å². The zero-order valence-electron chi connectivity index (χ0n) is 14.7. The van der Waals surface area contributed by atoms with Gasteiger partial charge in [0.25, 0.3) is 0 Å². The number of hydrogen-bond acceptors (Lipinski definition) is 4. The number of rotatable bonds is 3. The van der Waals surface area contributed by atoms with E-state index in [9.17, 15) is 0 Å². The highest BCUT2D eigenvalue weighted by atomic mass is 35.5. The van der Waals surface area contributed by atoms with Crippen LogP contribution in [0.25, 0.3) is 5.65 Å². The Bertz CT molecular complexity index is 666.